The molecule has 124 valence electrons. The van der Waals surface area contributed by atoms with E-state index in [1.54, 1.807) is 6.07 Å². The highest BCUT2D eigenvalue weighted by molar-refractivity contribution is 5.73. The van der Waals surface area contributed by atoms with Crippen LogP contribution in [0.4, 0.5) is 9.18 Å². The number of nitrogens with one attached hydrogen (secondary N) is 2. The SMILES string of the molecule is CC(C)COCCCNC(=O)NCC(O)c1cccc(F)c1. The molecule has 0 bridgehead atoms. The van der Waals surface area contributed by atoms with Crippen LogP contribution in [-0.4, -0.2) is 37.4 Å². The molecule has 1 aromatic rings. The number of amides is 2. The van der Waals surface area contributed by atoms with Gasteiger partial charge in [0.05, 0.1) is 6.10 Å². The molecule has 1 rings (SSSR count). The van der Waals surface area contributed by atoms with E-state index < -0.39 is 11.9 Å². The fourth-order valence-corrected chi connectivity index (χ4v) is 1.78. The standard InChI is InChI=1S/C16H25FN2O3/c1-12(2)11-22-8-4-7-18-16(21)19-10-15(20)13-5-3-6-14(17)9-13/h3,5-6,9,12,15,20H,4,7-8,10-11H2,1-2H3,(H2,18,19,21). The number of carbonyl (C=O) groups is 1. The molecular weight excluding hydrogens is 287 g/mol. The molecule has 0 aromatic heterocycles. The summed E-state index contributed by atoms with van der Waals surface area (Å²) in [6, 6.07) is 5.32. The maximum Gasteiger partial charge on any atom is 0.314 e. The normalized spacial score (nSPS) is 12.2. The predicted octanol–water partition coefficient (Wildman–Crippen LogP) is 2.22. The summed E-state index contributed by atoms with van der Waals surface area (Å²) < 4.78 is 18.4. The van der Waals surface area contributed by atoms with Crippen molar-refractivity contribution in [2.24, 2.45) is 5.92 Å². The predicted molar refractivity (Wildman–Crippen MR) is 83.0 cm³/mol. The van der Waals surface area contributed by atoms with Crippen LogP contribution in [0, 0.1) is 11.7 Å². The van der Waals surface area contributed by atoms with Crippen LogP contribution < -0.4 is 10.6 Å². The van der Waals surface area contributed by atoms with Crippen molar-refractivity contribution < 1.29 is 19.0 Å². The van der Waals surface area contributed by atoms with Crippen LogP contribution in [0.1, 0.15) is 31.9 Å². The van der Waals surface area contributed by atoms with Gasteiger partial charge in [0.1, 0.15) is 5.82 Å². The van der Waals surface area contributed by atoms with Crippen LogP contribution in [0.3, 0.4) is 0 Å². The van der Waals surface area contributed by atoms with Gasteiger partial charge in [0.25, 0.3) is 0 Å². The van der Waals surface area contributed by atoms with Gasteiger partial charge in [-0.1, -0.05) is 26.0 Å². The highest BCUT2D eigenvalue weighted by atomic mass is 19.1. The summed E-state index contributed by atoms with van der Waals surface area (Å²) in [5.74, 6) is 0.0861. The second-order valence-electron chi connectivity index (χ2n) is 5.53. The number of hydrogen-bond acceptors (Lipinski definition) is 3. The Bertz CT molecular complexity index is 455. The van der Waals surface area contributed by atoms with Gasteiger partial charge < -0.3 is 20.5 Å². The summed E-state index contributed by atoms with van der Waals surface area (Å²) in [4.78, 5) is 11.5. The molecule has 5 nitrogen and oxygen atoms in total. The summed E-state index contributed by atoms with van der Waals surface area (Å²) in [5, 5.41) is 15.1. The minimum Gasteiger partial charge on any atom is -0.387 e. The minimum absolute atomic E-state index is 0.0269. The van der Waals surface area contributed by atoms with Gasteiger partial charge in [-0.25, -0.2) is 9.18 Å². The van der Waals surface area contributed by atoms with Gasteiger partial charge in [-0.2, -0.15) is 0 Å². The molecular formula is C16H25FN2O3. The third-order valence-electron chi connectivity index (χ3n) is 2.89. The first-order valence-electron chi connectivity index (χ1n) is 7.52. The first kappa shape index (κ1) is 18.4. The quantitative estimate of drug-likeness (QED) is 0.612. The van der Waals surface area contributed by atoms with Crippen molar-refractivity contribution in [3.8, 4) is 0 Å². The molecule has 1 unspecified atom stereocenters. The van der Waals surface area contributed by atoms with E-state index in [4.69, 9.17) is 4.74 Å². The monoisotopic (exact) mass is 312 g/mol. The molecule has 0 aliphatic carbocycles. The van der Waals surface area contributed by atoms with Crippen LogP contribution in [0.25, 0.3) is 0 Å². The third-order valence-corrected chi connectivity index (χ3v) is 2.89. The highest BCUT2D eigenvalue weighted by Gasteiger charge is 2.09. The molecule has 0 aliphatic heterocycles. The Morgan fingerprint density at radius 2 is 2.14 bits per heavy atom. The van der Waals surface area contributed by atoms with Crippen molar-refractivity contribution in [2.75, 3.05) is 26.3 Å². The average Bonchev–Trinajstić information content (AvgIpc) is 2.48. The fourth-order valence-electron chi connectivity index (χ4n) is 1.78. The first-order chi connectivity index (χ1) is 10.5. The van der Waals surface area contributed by atoms with Crippen molar-refractivity contribution in [3.63, 3.8) is 0 Å². The summed E-state index contributed by atoms with van der Waals surface area (Å²) in [6.07, 6.45) is -0.206. The average molecular weight is 312 g/mol. The fraction of sp³-hybridized carbons (Fsp3) is 0.562. The second-order valence-corrected chi connectivity index (χ2v) is 5.53. The van der Waals surface area contributed by atoms with Gasteiger partial charge in [0.2, 0.25) is 0 Å². The number of rotatable bonds is 9. The van der Waals surface area contributed by atoms with E-state index in [1.165, 1.54) is 18.2 Å². The Balaban J connectivity index is 2.12. The van der Waals surface area contributed by atoms with Crippen molar-refractivity contribution in [1.29, 1.82) is 0 Å². The lowest BCUT2D eigenvalue weighted by atomic mass is 10.1. The number of hydrogen-bond donors (Lipinski definition) is 3. The number of ether oxygens (including phenoxy) is 1. The van der Waals surface area contributed by atoms with E-state index in [2.05, 4.69) is 24.5 Å². The van der Waals surface area contributed by atoms with Crippen molar-refractivity contribution in [2.45, 2.75) is 26.4 Å². The zero-order chi connectivity index (χ0) is 16.4. The van der Waals surface area contributed by atoms with E-state index in [-0.39, 0.29) is 12.6 Å². The highest BCUT2D eigenvalue weighted by Crippen LogP contribution is 2.12. The Hall–Kier alpha value is -1.66. The van der Waals surface area contributed by atoms with E-state index in [1.807, 2.05) is 0 Å². The van der Waals surface area contributed by atoms with Crippen LogP contribution >= 0.6 is 0 Å². The van der Waals surface area contributed by atoms with Crippen LogP contribution in [0.15, 0.2) is 24.3 Å². The molecule has 0 heterocycles. The molecule has 1 atom stereocenters. The number of carbonyl (C=O) groups excluding carboxylic acids is 1. The van der Waals surface area contributed by atoms with Gasteiger partial charge in [-0.3, -0.25) is 0 Å². The number of benzene rings is 1. The third kappa shape index (κ3) is 7.95. The van der Waals surface area contributed by atoms with Crippen LogP contribution in [0.2, 0.25) is 0 Å². The topological polar surface area (TPSA) is 70.6 Å². The minimum atomic E-state index is -0.934. The van der Waals surface area contributed by atoms with Gasteiger partial charge in [0, 0.05) is 26.3 Å². The molecule has 0 fully saturated rings. The summed E-state index contributed by atoms with van der Waals surface area (Å²) in [6.45, 7) is 6.00. The maximum absolute atomic E-state index is 13.0. The van der Waals surface area contributed by atoms with Crippen LogP contribution in [-0.2, 0) is 4.74 Å². The van der Waals surface area contributed by atoms with Gasteiger partial charge in [-0.05, 0) is 30.0 Å². The van der Waals surface area contributed by atoms with Crippen molar-refractivity contribution in [3.05, 3.63) is 35.6 Å². The second kappa shape index (κ2) is 10.1. The van der Waals surface area contributed by atoms with E-state index in [0.717, 1.165) is 6.42 Å². The Morgan fingerprint density at radius 3 is 2.82 bits per heavy atom. The summed E-state index contributed by atoms with van der Waals surface area (Å²) in [5.41, 5.74) is 0.433. The summed E-state index contributed by atoms with van der Waals surface area (Å²) >= 11 is 0. The number of urea groups is 1. The lowest BCUT2D eigenvalue weighted by Gasteiger charge is -2.13. The Morgan fingerprint density at radius 1 is 1.36 bits per heavy atom. The number of aliphatic hydroxyl groups excluding tert-OH is 1. The van der Waals surface area contributed by atoms with Gasteiger partial charge in [-0.15, -0.1) is 0 Å². The van der Waals surface area contributed by atoms with Crippen LogP contribution in [0.5, 0.6) is 0 Å². The van der Waals surface area contributed by atoms with Crippen molar-refractivity contribution in [1.82, 2.24) is 10.6 Å². The van der Waals surface area contributed by atoms with E-state index in [0.29, 0.717) is 31.2 Å². The molecule has 0 radical (unpaired) electrons. The van der Waals surface area contributed by atoms with E-state index in [9.17, 15) is 14.3 Å². The molecule has 6 heteroatoms. The molecule has 0 saturated heterocycles. The smallest absolute Gasteiger partial charge is 0.314 e. The molecule has 0 spiro atoms. The Labute approximate surface area is 130 Å². The number of aliphatic hydroxyl groups is 1. The zero-order valence-electron chi connectivity index (χ0n) is 13.1. The summed E-state index contributed by atoms with van der Waals surface area (Å²) in [7, 11) is 0. The largest absolute Gasteiger partial charge is 0.387 e. The lowest BCUT2D eigenvalue weighted by Crippen LogP contribution is -2.38. The lowest BCUT2D eigenvalue weighted by molar-refractivity contribution is 0.108. The first-order valence-corrected chi connectivity index (χ1v) is 7.52. The molecule has 0 saturated carbocycles. The maximum atomic E-state index is 13.0. The molecule has 0 aliphatic rings. The zero-order valence-corrected chi connectivity index (χ0v) is 13.1. The van der Waals surface area contributed by atoms with Gasteiger partial charge in [0.15, 0.2) is 0 Å². The van der Waals surface area contributed by atoms with Crippen molar-refractivity contribution >= 4 is 6.03 Å². The van der Waals surface area contributed by atoms with Gasteiger partial charge >= 0.3 is 6.03 Å². The molecule has 22 heavy (non-hydrogen) atoms. The molecule has 1 aromatic carbocycles. The van der Waals surface area contributed by atoms with E-state index >= 15 is 0 Å². The molecule has 3 N–H and O–H groups in total. The molecule has 2 amide bonds. The Kier molecular flexibility index (Phi) is 8.47. The number of halogens is 1.